The van der Waals surface area contributed by atoms with Gasteiger partial charge in [-0.2, -0.15) is 0 Å². The molecule has 1 fully saturated rings. The molecular weight excluding hydrogens is 186 g/mol. The van der Waals surface area contributed by atoms with Crippen molar-refractivity contribution in [2.45, 2.75) is 32.2 Å². The zero-order valence-corrected chi connectivity index (χ0v) is 9.71. The highest BCUT2D eigenvalue weighted by Gasteiger charge is 2.24. The highest BCUT2D eigenvalue weighted by molar-refractivity contribution is 5.38. The summed E-state index contributed by atoms with van der Waals surface area (Å²) in [5, 5.41) is 3.48. The summed E-state index contributed by atoms with van der Waals surface area (Å²) in [4.78, 5) is 0. The van der Waals surface area contributed by atoms with Gasteiger partial charge in [0.15, 0.2) is 0 Å². The lowest BCUT2D eigenvalue weighted by Crippen LogP contribution is -2.21. The summed E-state index contributed by atoms with van der Waals surface area (Å²) >= 11 is 0. The molecule has 0 saturated carbocycles. The first-order chi connectivity index (χ1) is 7.22. The van der Waals surface area contributed by atoms with Crippen LogP contribution in [0.1, 0.15) is 30.4 Å². The van der Waals surface area contributed by atoms with Crippen molar-refractivity contribution in [1.29, 1.82) is 0 Å². The monoisotopic (exact) mass is 205 g/mol. The summed E-state index contributed by atoms with van der Waals surface area (Å²) in [6.45, 7) is 5.50. The smallest absolute Gasteiger partial charge is 0.121 e. The molecule has 1 aliphatic rings. The zero-order valence-electron chi connectivity index (χ0n) is 9.71. The Morgan fingerprint density at radius 2 is 2.20 bits per heavy atom. The van der Waals surface area contributed by atoms with Crippen LogP contribution in [0.4, 0.5) is 0 Å². The van der Waals surface area contributed by atoms with E-state index in [1.165, 1.54) is 17.5 Å². The van der Waals surface area contributed by atoms with Gasteiger partial charge in [-0.05, 0) is 44.0 Å². The number of ether oxygens (including phenoxy) is 1. The van der Waals surface area contributed by atoms with Crippen LogP contribution in [0.15, 0.2) is 18.2 Å². The van der Waals surface area contributed by atoms with E-state index in [2.05, 4.69) is 37.4 Å². The van der Waals surface area contributed by atoms with E-state index in [0.717, 1.165) is 12.3 Å². The van der Waals surface area contributed by atoms with Gasteiger partial charge in [0.2, 0.25) is 0 Å². The molecule has 2 unspecified atom stereocenters. The molecule has 1 saturated heterocycles. The second-order valence-corrected chi connectivity index (χ2v) is 4.37. The third kappa shape index (κ3) is 2.00. The molecule has 1 aliphatic heterocycles. The van der Waals surface area contributed by atoms with Crippen LogP contribution in [0.5, 0.6) is 5.75 Å². The van der Waals surface area contributed by atoms with Gasteiger partial charge in [0.1, 0.15) is 5.75 Å². The van der Waals surface area contributed by atoms with E-state index in [0.29, 0.717) is 12.0 Å². The van der Waals surface area contributed by atoms with Crippen molar-refractivity contribution in [2.24, 2.45) is 0 Å². The van der Waals surface area contributed by atoms with Crippen LogP contribution >= 0.6 is 0 Å². The fourth-order valence-corrected chi connectivity index (χ4v) is 2.45. The van der Waals surface area contributed by atoms with Crippen LogP contribution in [0.2, 0.25) is 0 Å². The van der Waals surface area contributed by atoms with Crippen LogP contribution < -0.4 is 10.1 Å². The Morgan fingerprint density at radius 3 is 2.73 bits per heavy atom. The lowest BCUT2D eigenvalue weighted by molar-refractivity contribution is 0.411. The molecule has 2 nitrogen and oxygen atoms in total. The molecule has 1 aromatic carbocycles. The average Bonchev–Trinajstić information content (AvgIpc) is 2.64. The van der Waals surface area contributed by atoms with Gasteiger partial charge in [-0.1, -0.05) is 12.1 Å². The normalized spacial score (nSPS) is 25.5. The molecule has 2 rings (SSSR count). The van der Waals surface area contributed by atoms with Crippen molar-refractivity contribution in [3.8, 4) is 5.75 Å². The molecule has 1 heterocycles. The number of methoxy groups -OCH3 is 1. The van der Waals surface area contributed by atoms with Crippen molar-refractivity contribution < 1.29 is 4.74 Å². The van der Waals surface area contributed by atoms with Crippen LogP contribution in [0.3, 0.4) is 0 Å². The lowest BCUT2D eigenvalue weighted by Gasteiger charge is -2.16. The zero-order chi connectivity index (χ0) is 10.8. The molecular formula is C13H19NO. The Balaban J connectivity index is 2.25. The van der Waals surface area contributed by atoms with E-state index >= 15 is 0 Å². The van der Waals surface area contributed by atoms with E-state index in [4.69, 9.17) is 4.74 Å². The first-order valence-electron chi connectivity index (χ1n) is 5.60. The van der Waals surface area contributed by atoms with Crippen molar-refractivity contribution >= 4 is 0 Å². The molecule has 0 amide bonds. The molecule has 0 radical (unpaired) electrons. The first-order valence-corrected chi connectivity index (χ1v) is 5.60. The number of rotatable bonds is 2. The summed E-state index contributed by atoms with van der Waals surface area (Å²) in [6, 6.07) is 7.13. The quantitative estimate of drug-likeness (QED) is 0.801. The first kappa shape index (κ1) is 10.5. The maximum atomic E-state index is 5.27. The van der Waals surface area contributed by atoms with Crippen LogP contribution in [0, 0.1) is 6.92 Å². The molecule has 15 heavy (non-hydrogen) atoms. The van der Waals surface area contributed by atoms with Gasteiger partial charge in [0.05, 0.1) is 7.11 Å². The van der Waals surface area contributed by atoms with Gasteiger partial charge in [0.25, 0.3) is 0 Å². The van der Waals surface area contributed by atoms with E-state index in [-0.39, 0.29) is 0 Å². The molecule has 1 N–H and O–H groups in total. The van der Waals surface area contributed by atoms with Gasteiger partial charge in [0, 0.05) is 12.0 Å². The Bertz CT molecular complexity index is 348. The van der Waals surface area contributed by atoms with Crippen molar-refractivity contribution in [2.75, 3.05) is 13.7 Å². The molecule has 82 valence electrons. The molecule has 1 aromatic rings. The number of hydrogen-bond acceptors (Lipinski definition) is 2. The van der Waals surface area contributed by atoms with Crippen molar-refractivity contribution in [3.05, 3.63) is 29.3 Å². The minimum absolute atomic E-state index is 0.595. The summed E-state index contributed by atoms with van der Waals surface area (Å²) in [6.07, 6.45) is 1.24. The lowest BCUT2D eigenvalue weighted by atomic mass is 9.92. The number of benzene rings is 1. The Morgan fingerprint density at radius 1 is 1.40 bits per heavy atom. The molecule has 0 aromatic heterocycles. The van der Waals surface area contributed by atoms with Crippen LogP contribution in [-0.4, -0.2) is 19.7 Å². The fourth-order valence-electron chi connectivity index (χ4n) is 2.45. The van der Waals surface area contributed by atoms with Gasteiger partial charge in [-0.3, -0.25) is 0 Å². The highest BCUT2D eigenvalue weighted by Crippen LogP contribution is 2.30. The van der Waals surface area contributed by atoms with Crippen molar-refractivity contribution in [1.82, 2.24) is 5.32 Å². The van der Waals surface area contributed by atoms with E-state index in [1.54, 1.807) is 7.11 Å². The van der Waals surface area contributed by atoms with Crippen LogP contribution in [-0.2, 0) is 0 Å². The fraction of sp³-hybridized carbons (Fsp3) is 0.538. The largest absolute Gasteiger partial charge is 0.496 e. The SMILES string of the molecule is COc1ccc(C2CCNC2C)cc1C. The number of hydrogen-bond donors (Lipinski definition) is 1. The second-order valence-electron chi connectivity index (χ2n) is 4.37. The number of aryl methyl sites for hydroxylation is 1. The average molecular weight is 205 g/mol. The molecule has 0 spiro atoms. The van der Waals surface area contributed by atoms with Gasteiger partial charge < -0.3 is 10.1 Å². The Kier molecular flexibility index (Phi) is 2.96. The summed E-state index contributed by atoms with van der Waals surface area (Å²) in [5.41, 5.74) is 2.67. The van der Waals surface area contributed by atoms with Gasteiger partial charge in [-0.15, -0.1) is 0 Å². The molecule has 0 aliphatic carbocycles. The third-order valence-electron chi connectivity index (χ3n) is 3.37. The molecule has 2 heteroatoms. The minimum Gasteiger partial charge on any atom is -0.496 e. The summed E-state index contributed by atoms with van der Waals surface area (Å²) in [7, 11) is 1.72. The van der Waals surface area contributed by atoms with E-state index in [1.807, 2.05) is 0 Å². The predicted molar refractivity (Wildman–Crippen MR) is 62.6 cm³/mol. The summed E-state index contributed by atoms with van der Waals surface area (Å²) in [5.74, 6) is 1.65. The summed E-state index contributed by atoms with van der Waals surface area (Å²) < 4.78 is 5.27. The standard InChI is InChI=1S/C13H19NO/c1-9-8-11(4-5-13(9)15-3)12-6-7-14-10(12)2/h4-5,8,10,12,14H,6-7H2,1-3H3. The highest BCUT2D eigenvalue weighted by atomic mass is 16.5. The van der Waals surface area contributed by atoms with Gasteiger partial charge >= 0.3 is 0 Å². The molecule has 2 atom stereocenters. The maximum absolute atomic E-state index is 5.27. The predicted octanol–water partition coefficient (Wildman–Crippen LogP) is 2.47. The topological polar surface area (TPSA) is 21.3 Å². The molecule has 0 bridgehead atoms. The van der Waals surface area contributed by atoms with Crippen LogP contribution in [0.25, 0.3) is 0 Å². The minimum atomic E-state index is 0.595. The van der Waals surface area contributed by atoms with E-state index < -0.39 is 0 Å². The number of nitrogens with one attached hydrogen (secondary N) is 1. The van der Waals surface area contributed by atoms with Crippen molar-refractivity contribution in [3.63, 3.8) is 0 Å². The van der Waals surface area contributed by atoms with E-state index in [9.17, 15) is 0 Å². The Labute approximate surface area is 91.6 Å². The second kappa shape index (κ2) is 4.23. The maximum Gasteiger partial charge on any atom is 0.121 e. The van der Waals surface area contributed by atoms with Gasteiger partial charge in [-0.25, -0.2) is 0 Å². The Hall–Kier alpha value is -1.02. The third-order valence-corrected chi connectivity index (χ3v) is 3.37.